The van der Waals surface area contributed by atoms with Crippen molar-refractivity contribution in [2.45, 2.75) is 33.1 Å². The molecule has 0 saturated heterocycles. The smallest absolute Gasteiger partial charge is 0.306 e. The molecule has 0 fully saturated rings. The maximum atomic E-state index is 12.7. The van der Waals surface area contributed by atoms with Gasteiger partial charge in [0.25, 0.3) is 11.8 Å². The van der Waals surface area contributed by atoms with Crippen LogP contribution in [-0.2, 0) is 9.53 Å². The van der Waals surface area contributed by atoms with E-state index in [2.05, 4.69) is 0 Å². The first-order valence-corrected chi connectivity index (χ1v) is 9.09. The second-order valence-corrected chi connectivity index (χ2v) is 6.89. The van der Waals surface area contributed by atoms with Gasteiger partial charge >= 0.3 is 5.97 Å². The number of carbonyl (C=O) groups is 3. The Morgan fingerprint density at radius 3 is 2.07 bits per heavy atom. The molecule has 1 atom stereocenters. The number of nitrogens with zero attached hydrogens (tertiary/aromatic N) is 1. The molecular weight excluding hydrogens is 342 g/mol. The number of benzene rings is 2. The fraction of sp³-hybridized carbons (Fsp3) is 0.318. The Kier molecular flexibility index (Phi) is 5.40. The first-order chi connectivity index (χ1) is 12.9. The maximum Gasteiger partial charge on any atom is 0.306 e. The summed E-state index contributed by atoms with van der Waals surface area (Å²) in [7, 11) is 0. The molecule has 0 bridgehead atoms. The van der Waals surface area contributed by atoms with Crippen molar-refractivity contribution in [3.05, 3.63) is 70.3 Å². The Labute approximate surface area is 158 Å². The predicted molar refractivity (Wildman–Crippen MR) is 102 cm³/mol. The lowest BCUT2D eigenvalue weighted by Gasteiger charge is -2.23. The summed E-state index contributed by atoms with van der Waals surface area (Å²) in [5.41, 5.74) is 3.90. The van der Waals surface area contributed by atoms with Crippen LogP contribution in [0.2, 0.25) is 0 Å². The van der Waals surface area contributed by atoms with E-state index < -0.39 is 0 Å². The van der Waals surface area contributed by atoms with Crippen molar-refractivity contribution in [2.75, 3.05) is 13.2 Å². The van der Waals surface area contributed by atoms with E-state index in [1.165, 1.54) is 4.90 Å². The van der Waals surface area contributed by atoms with E-state index >= 15 is 0 Å². The molecular formula is C22H23NO4. The van der Waals surface area contributed by atoms with Crippen LogP contribution in [-0.4, -0.2) is 35.8 Å². The molecule has 140 valence electrons. The molecule has 0 spiro atoms. The zero-order valence-corrected chi connectivity index (χ0v) is 15.8. The summed E-state index contributed by atoms with van der Waals surface area (Å²) >= 11 is 0. The lowest BCUT2D eigenvalue weighted by molar-refractivity contribution is -0.143. The fourth-order valence-corrected chi connectivity index (χ4v) is 3.58. The van der Waals surface area contributed by atoms with Crippen molar-refractivity contribution in [3.63, 3.8) is 0 Å². The van der Waals surface area contributed by atoms with Crippen LogP contribution in [0, 0.1) is 13.8 Å². The highest BCUT2D eigenvalue weighted by Crippen LogP contribution is 2.29. The largest absolute Gasteiger partial charge is 0.466 e. The number of hydrogen-bond acceptors (Lipinski definition) is 4. The molecule has 0 N–H and O–H groups in total. The average Bonchev–Trinajstić information content (AvgIpc) is 2.86. The molecule has 0 radical (unpaired) electrons. The minimum Gasteiger partial charge on any atom is -0.466 e. The summed E-state index contributed by atoms with van der Waals surface area (Å²) in [6.45, 7) is 6.17. The molecule has 1 heterocycles. The van der Waals surface area contributed by atoms with Gasteiger partial charge in [-0.2, -0.15) is 0 Å². The van der Waals surface area contributed by atoms with Gasteiger partial charge in [-0.05, 0) is 38.5 Å². The molecule has 5 heteroatoms. The van der Waals surface area contributed by atoms with Crippen LogP contribution in [0.3, 0.4) is 0 Å². The van der Waals surface area contributed by atoms with E-state index in [0.717, 1.165) is 16.7 Å². The zero-order chi connectivity index (χ0) is 19.6. The summed E-state index contributed by atoms with van der Waals surface area (Å²) in [6, 6.07) is 12.8. The minimum absolute atomic E-state index is 0.115. The van der Waals surface area contributed by atoms with Gasteiger partial charge in [-0.1, -0.05) is 41.5 Å². The first-order valence-electron chi connectivity index (χ1n) is 9.09. The summed E-state index contributed by atoms with van der Waals surface area (Å²) in [5, 5.41) is 0. The van der Waals surface area contributed by atoms with Gasteiger partial charge in [0, 0.05) is 12.5 Å². The zero-order valence-electron chi connectivity index (χ0n) is 15.8. The molecule has 3 rings (SSSR count). The highest BCUT2D eigenvalue weighted by atomic mass is 16.5. The molecule has 1 aliphatic heterocycles. The van der Waals surface area contributed by atoms with Gasteiger partial charge in [0.05, 0.1) is 24.2 Å². The Hall–Kier alpha value is -2.95. The molecule has 1 unspecified atom stereocenters. The third kappa shape index (κ3) is 3.92. The van der Waals surface area contributed by atoms with Crippen LogP contribution in [0.4, 0.5) is 0 Å². The van der Waals surface area contributed by atoms with Crippen LogP contribution < -0.4 is 0 Å². The summed E-state index contributed by atoms with van der Waals surface area (Å²) in [4.78, 5) is 38.8. The van der Waals surface area contributed by atoms with Crippen molar-refractivity contribution in [3.8, 4) is 0 Å². The van der Waals surface area contributed by atoms with Crippen molar-refractivity contribution in [1.82, 2.24) is 4.90 Å². The van der Waals surface area contributed by atoms with Crippen LogP contribution in [0.5, 0.6) is 0 Å². The number of amides is 2. The number of rotatable bonds is 6. The van der Waals surface area contributed by atoms with Crippen molar-refractivity contribution in [2.24, 2.45) is 0 Å². The number of aryl methyl sites for hydroxylation is 2. The molecule has 0 saturated carbocycles. The van der Waals surface area contributed by atoms with Gasteiger partial charge in [0.2, 0.25) is 0 Å². The Bertz CT molecular complexity index is 848. The molecule has 2 aromatic carbocycles. The van der Waals surface area contributed by atoms with E-state index in [1.807, 2.05) is 32.0 Å². The SMILES string of the molecule is CCOC(=O)CC(CN1C(=O)c2ccccc2C1=O)c1cc(C)cc(C)c1. The topological polar surface area (TPSA) is 63.7 Å². The summed E-state index contributed by atoms with van der Waals surface area (Å²) < 4.78 is 5.11. The number of hydrogen-bond donors (Lipinski definition) is 0. The minimum atomic E-state index is -0.335. The molecule has 0 aromatic heterocycles. The number of ether oxygens (including phenoxy) is 1. The summed E-state index contributed by atoms with van der Waals surface area (Å²) in [5.74, 6) is -1.27. The standard InChI is InChI=1S/C22H23NO4/c1-4-27-20(24)12-17(16-10-14(2)9-15(3)11-16)13-23-21(25)18-7-5-6-8-19(18)22(23)26/h5-11,17H,4,12-13H2,1-3H3. The van der Waals surface area contributed by atoms with E-state index in [1.54, 1.807) is 31.2 Å². The number of imide groups is 1. The van der Waals surface area contributed by atoms with Gasteiger partial charge in [0.1, 0.15) is 0 Å². The van der Waals surface area contributed by atoms with Gasteiger partial charge < -0.3 is 4.74 Å². The van der Waals surface area contributed by atoms with Crippen molar-refractivity contribution < 1.29 is 19.1 Å². The second-order valence-electron chi connectivity index (χ2n) is 6.89. The Morgan fingerprint density at radius 2 is 1.56 bits per heavy atom. The molecule has 2 amide bonds. The lowest BCUT2D eigenvalue weighted by Crippen LogP contribution is -2.34. The van der Waals surface area contributed by atoms with Gasteiger partial charge in [-0.3, -0.25) is 19.3 Å². The van der Waals surface area contributed by atoms with E-state index in [0.29, 0.717) is 17.7 Å². The molecule has 5 nitrogen and oxygen atoms in total. The van der Waals surface area contributed by atoms with Gasteiger partial charge in [0.15, 0.2) is 0 Å². The van der Waals surface area contributed by atoms with Gasteiger partial charge in [-0.15, -0.1) is 0 Å². The second kappa shape index (κ2) is 7.74. The quantitative estimate of drug-likeness (QED) is 0.579. The third-order valence-corrected chi connectivity index (χ3v) is 4.71. The fourth-order valence-electron chi connectivity index (χ4n) is 3.58. The van der Waals surface area contributed by atoms with E-state index in [4.69, 9.17) is 4.74 Å². The lowest BCUT2D eigenvalue weighted by atomic mass is 9.92. The van der Waals surface area contributed by atoms with Crippen molar-refractivity contribution in [1.29, 1.82) is 0 Å². The number of carbonyl (C=O) groups excluding carboxylic acids is 3. The summed E-state index contributed by atoms with van der Waals surface area (Å²) in [6.07, 6.45) is 0.115. The first kappa shape index (κ1) is 18.8. The maximum absolute atomic E-state index is 12.7. The highest BCUT2D eigenvalue weighted by molar-refractivity contribution is 6.21. The van der Waals surface area contributed by atoms with Crippen LogP contribution in [0.1, 0.15) is 56.7 Å². The molecule has 0 aliphatic carbocycles. The predicted octanol–water partition coefficient (Wildman–Crippen LogP) is 3.64. The highest BCUT2D eigenvalue weighted by Gasteiger charge is 2.37. The van der Waals surface area contributed by atoms with E-state index in [9.17, 15) is 14.4 Å². The Morgan fingerprint density at radius 1 is 1.00 bits per heavy atom. The normalized spacial score (nSPS) is 14.3. The van der Waals surface area contributed by atoms with Crippen LogP contribution >= 0.6 is 0 Å². The average molecular weight is 365 g/mol. The molecule has 27 heavy (non-hydrogen) atoms. The van der Waals surface area contributed by atoms with Crippen molar-refractivity contribution >= 4 is 17.8 Å². The van der Waals surface area contributed by atoms with E-state index in [-0.39, 0.29) is 36.7 Å². The molecule has 1 aliphatic rings. The Balaban J connectivity index is 1.91. The number of esters is 1. The van der Waals surface area contributed by atoms with Gasteiger partial charge in [-0.25, -0.2) is 0 Å². The van der Waals surface area contributed by atoms with Crippen LogP contribution in [0.15, 0.2) is 42.5 Å². The number of fused-ring (bicyclic) bond motifs is 1. The monoisotopic (exact) mass is 365 g/mol. The molecule has 2 aromatic rings. The van der Waals surface area contributed by atoms with Crippen LogP contribution in [0.25, 0.3) is 0 Å². The third-order valence-electron chi connectivity index (χ3n) is 4.71.